The Balaban J connectivity index is 0.00000324. The van der Waals surface area contributed by atoms with E-state index >= 15 is 0 Å². The first kappa shape index (κ1) is 25.5. The minimum atomic E-state index is -4.40. The van der Waals surface area contributed by atoms with Gasteiger partial charge in [-0.25, -0.2) is 0 Å². The summed E-state index contributed by atoms with van der Waals surface area (Å²) in [7, 11) is 1.92. The van der Waals surface area contributed by atoms with E-state index in [1.54, 1.807) is 10.9 Å². The number of carbonyl (C=O) groups excluding carboxylic acids is 1. The topological polar surface area (TPSA) is 75.9 Å². The van der Waals surface area contributed by atoms with Crippen LogP contribution in [0.1, 0.15) is 41.6 Å². The summed E-state index contributed by atoms with van der Waals surface area (Å²) in [5.74, 6) is -0.0205. The highest BCUT2D eigenvalue weighted by molar-refractivity contribution is 7.59. The van der Waals surface area contributed by atoms with Crippen molar-refractivity contribution in [3.05, 3.63) is 65.0 Å². The number of alkyl halides is 3. The third-order valence-corrected chi connectivity index (χ3v) is 5.84. The van der Waals surface area contributed by atoms with Crippen molar-refractivity contribution in [2.75, 3.05) is 17.3 Å². The van der Waals surface area contributed by atoms with Crippen LogP contribution in [-0.4, -0.2) is 38.7 Å². The van der Waals surface area contributed by atoms with Crippen molar-refractivity contribution in [1.82, 2.24) is 19.7 Å². The fourth-order valence-corrected chi connectivity index (χ4v) is 4.09. The van der Waals surface area contributed by atoms with Gasteiger partial charge in [-0.2, -0.15) is 31.8 Å². The molecule has 0 saturated heterocycles. The molecular formula is C23H27F3N6OS. The van der Waals surface area contributed by atoms with Gasteiger partial charge in [0, 0.05) is 25.1 Å². The number of fused-ring (bicyclic) bond motifs is 1. The second kappa shape index (κ2) is 10.0. The zero-order valence-electron chi connectivity index (χ0n) is 19.1. The number of rotatable bonds is 6. The van der Waals surface area contributed by atoms with E-state index in [1.807, 2.05) is 38.1 Å². The summed E-state index contributed by atoms with van der Waals surface area (Å²) in [5.41, 5.74) is 3.89. The summed E-state index contributed by atoms with van der Waals surface area (Å²) < 4.78 is 40.3. The molecule has 0 fully saturated rings. The molecule has 3 aromatic rings. The molecule has 34 heavy (non-hydrogen) atoms. The fraction of sp³-hybridized carbons (Fsp3) is 0.391. The number of amides is 1. The van der Waals surface area contributed by atoms with Crippen LogP contribution in [0.4, 0.5) is 24.5 Å². The van der Waals surface area contributed by atoms with Gasteiger partial charge in [0.25, 0.3) is 0 Å². The number of likely N-dealkylation sites (N-methyl/N-ethyl adjacent to an activating group) is 1. The van der Waals surface area contributed by atoms with Crippen LogP contribution in [0.15, 0.2) is 36.8 Å². The van der Waals surface area contributed by atoms with Gasteiger partial charge in [0.1, 0.15) is 6.04 Å². The van der Waals surface area contributed by atoms with Crippen LogP contribution in [-0.2, 0) is 30.4 Å². The molecular weight excluding hydrogens is 465 g/mol. The molecule has 3 aromatic heterocycles. The lowest BCUT2D eigenvalue weighted by Gasteiger charge is -2.35. The average Bonchev–Trinajstić information content (AvgIpc) is 3.20. The first-order valence-electron chi connectivity index (χ1n) is 10.7. The van der Waals surface area contributed by atoms with Crippen LogP contribution in [0.5, 0.6) is 0 Å². The molecule has 0 saturated carbocycles. The van der Waals surface area contributed by atoms with E-state index in [9.17, 15) is 18.0 Å². The Bertz CT molecular complexity index is 1180. The van der Waals surface area contributed by atoms with Gasteiger partial charge in [-0.15, -0.1) is 0 Å². The molecule has 1 N–H and O–H groups in total. The minimum absolute atomic E-state index is 0. The number of anilines is 2. The number of aromatic nitrogens is 4. The molecule has 7 nitrogen and oxygen atoms in total. The summed E-state index contributed by atoms with van der Waals surface area (Å²) >= 11 is 0. The van der Waals surface area contributed by atoms with Gasteiger partial charge in [-0.1, -0.05) is 6.92 Å². The minimum Gasteiger partial charge on any atom is -0.361 e. The van der Waals surface area contributed by atoms with Crippen LogP contribution in [0.3, 0.4) is 0 Å². The van der Waals surface area contributed by atoms with E-state index < -0.39 is 11.7 Å². The molecule has 0 aromatic carbocycles. The number of aryl methyl sites for hydroxylation is 3. The third-order valence-electron chi connectivity index (χ3n) is 5.84. The van der Waals surface area contributed by atoms with E-state index in [0.29, 0.717) is 25.0 Å². The van der Waals surface area contributed by atoms with E-state index in [2.05, 4.69) is 20.4 Å². The lowest BCUT2D eigenvalue weighted by Crippen LogP contribution is -2.46. The summed E-state index contributed by atoms with van der Waals surface area (Å²) in [5, 5.41) is 7.23. The maximum absolute atomic E-state index is 12.9. The second-order valence-corrected chi connectivity index (χ2v) is 8.20. The molecule has 4 heterocycles. The van der Waals surface area contributed by atoms with Crippen molar-refractivity contribution in [3.63, 3.8) is 0 Å². The summed E-state index contributed by atoms with van der Waals surface area (Å²) in [6.45, 7) is 4.01. The van der Waals surface area contributed by atoms with Gasteiger partial charge < -0.3 is 10.2 Å². The zero-order chi connectivity index (χ0) is 23.8. The van der Waals surface area contributed by atoms with Crippen LogP contribution in [0.25, 0.3) is 0 Å². The van der Waals surface area contributed by atoms with Gasteiger partial charge in [-0.05, 0) is 49.9 Å². The van der Waals surface area contributed by atoms with Crippen molar-refractivity contribution in [2.24, 2.45) is 0 Å². The van der Waals surface area contributed by atoms with E-state index in [0.717, 1.165) is 46.7 Å². The molecule has 0 aliphatic carbocycles. The molecule has 182 valence electrons. The van der Waals surface area contributed by atoms with Gasteiger partial charge in [-0.3, -0.25) is 19.4 Å². The number of nitrogens with zero attached hydrogens (tertiary/aromatic N) is 5. The highest BCUT2D eigenvalue weighted by atomic mass is 32.1. The van der Waals surface area contributed by atoms with Crippen molar-refractivity contribution >= 4 is 30.8 Å². The van der Waals surface area contributed by atoms with Gasteiger partial charge in [0.05, 0.1) is 41.1 Å². The van der Waals surface area contributed by atoms with E-state index in [-0.39, 0.29) is 32.0 Å². The van der Waals surface area contributed by atoms with Crippen molar-refractivity contribution in [1.29, 1.82) is 0 Å². The Labute approximate surface area is 202 Å². The third kappa shape index (κ3) is 5.35. The van der Waals surface area contributed by atoms with Crippen LogP contribution >= 0.6 is 13.5 Å². The Hall–Kier alpha value is -3.08. The molecule has 1 aliphatic rings. The van der Waals surface area contributed by atoms with Crippen molar-refractivity contribution < 1.29 is 18.0 Å². The number of carbonyl (C=O) groups is 1. The van der Waals surface area contributed by atoms with Crippen LogP contribution in [0.2, 0.25) is 0 Å². The maximum atomic E-state index is 12.9. The van der Waals surface area contributed by atoms with Gasteiger partial charge in [0.2, 0.25) is 5.91 Å². The molecule has 0 unspecified atom stereocenters. The largest absolute Gasteiger partial charge is 0.416 e. The summed E-state index contributed by atoms with van der Waals surface area (Å²) in [4.78, 5) is 23.0. The second-order valence-electron chi connectivity index (χ2n) is 8.20. The molecule has 4 rings (SSSR count). The van der Waals surface area contributed by atoms with Crippen molar-refractivity contribution in [2.45, 2.75) is 51.9 Å². The quantitative estimate of drug-likeness (QED) is 0.561. The summed E-state index contributed by atoms with van der Waals surface area (Å²) in [6.07, 6.45) is 2.33. The molecule has 1 aliphatic heterocycles. The monoisotopic (exact) mass is 492 g/mol. The smallest absolute Gasteiger partial charge is 0.361 e. The molecule has 11 heteroatoms. The Kier molecular flexibility index (Phi) is 7.54. The lowest BCUT2D eigenvalue weighted by molar-refractivity contribution is -0.137. The summed E-state index contributed by atoms with van der Waals surface area (Å²) in [6, 6.07) is 3.79. The zero-order valence-corrected chi connectivity index (χ0v) is 20.1. The molecule has 1 atom stereocenters. The predicted octanol–water partition coefficient (Wildman–Crippen LogP) is 4.11. The number of halogens is 3. The molecule has 0 bridgehead atoms. The molecule has 0 radical (unpaired) electrons. The average molecular weight is 493 g/mol. The highest BCUT2D eigenvalue weighted by Gasteiger charge is 2.31. The number of nitrogens with one attached hydrogen (secondary N) is 1. The van der Waals surface area contributed by atoms with E-state index in [1.165, 1.54) is 0 Å². The first-order chi connectivity index (χ1) is 15.7. The predicted molar refractivity (Wildman–Crippen MR) is 128 cm³/mol. The first-order valence-corrected chi connectivity index (χ1v) is 10.7. The number of hydrogen-bond acceptors (Lipinski definition) is 5. The van der Waals surface area contributed by atoms with Crippen LogP contribution < -0.4 is 10.2 Å². The highest BCUT2D eigenvalue weighted by Crippen LogP contribution is 2.34. The maximum Gasteiger partial charge on any atom is 0.416 e. The Morgan fingerprint density at radius 3 is 2.65 bits per heavy atom. The molecule has 0 spiro atoms. The van der Waals surface area contributed by atoms with Gasteiger partial charge in [0.15, 0.2) is 0 Å². The normalized spacial score (nSPS) is 15.5. The lowest BCUT2D eigenvalue weighted by atomic mass is 10.0. The Morgan fingerprint density at radius 1 is 1.18 bits per heavy atom. The number of hydrogen-bond donors (Lipinski definition) is 1. The van der Waals surface area contributed by atoms with Crippen LogP contribution in [0, 0.1) is 6.92 Å². The number of pyridine rings is 2. The fourth-order valence-electron chi connectivity index (χ4n) is 4.09. The van der Waals surface area contributed by atoms with Crippen molar-refractivity contribution in [3.8, 4) is 0 Å². The van der Waals surface area contributed by atoms with E-state index in [4.69, 9.17) is 0 Å². The Morgan fingerprint density at radius 2 is 1.94 bits per heavy atom. The van der Waals surface area contributed by atoms with Gasteiger partial charge >= 0.3 is 6.18 Å². The SMILES string of the molecule is CC[C@H]1C(=O)Nc2c(cc(CCc3cnn(Cc4cc(C(F)(F)F)ccn4)c3)nc2C)N1C.S. The standard InChI is InChI=1S/C23H25F3N6O.H2S/c1-4-19-22(33)30-21-14(2)29-17(10-20(21)31(19)3)6-5-15-11-28-32(12-15)13-18-9-16(7-8-27-18)23(24,25)26;/h7-12,19H,4-6,13H2,1-3H3,(H,30,33);1H2/t19-;/m0./s1. The molecule has 1 amide bonds.